The molecule has 0 saturated carbocycles. The molecule has 2 rings (SSSR count). The van der Waals surface area contributed by atoms with Gasteiger partial charge < -0.3 is 5.73 Å². The first-order valence-electron chi connectivity index (χ1n) is 4.97. The van der Waals surface area contributed by atoms with Crippen molar-refractivity contribution < 1.29 is 18.1 Å². The molecule has 0 aliphatic heterocycles. The molecular weight excluding hydrogens is 265 g/mol. The van der Waals surface area contributed by atoms with Gasteiger partial charge in [-0.3, -0.25) is 10.1 Å². The molecule has 1 heterocycles. The van der Waals surface area contributed by atoms with Gasteiger partial charge in [-0.25, -0.2) is 17.9 Å². The molecule has 19 heavy (non-hydrogen) atoms. The summed E-state index contributed by atoms with van der Waals surface area (Å²) in [6.07, 6.45) is 0. The molecule has 0 atom stereocenters. The van der Waals surface area contributed by atoms with Crippen LogP contribution < -0.4 is 5.73 Å². The fourth-order valence-electron chi connectivity index (χ4n) is 1.62. The smallest absolute Gasteiger partial charge is 0.333 e. The molecule has 6 nitrogen and oxygen atoms in total. The molecule has 0 aliphatic carbocycles. The average Bonchev–Trinajstić information content (AvgIpc) is 2.61. The predicted octanol–water partition coefficient (Wildman–Crippen LogP) is 2.09. The van der Waals surface area contributed by atoms with Gasteiger partial charge in [0.15, 0.2) is 17.5 Å². The van der Waals surface area contributed by atoms with Gasteiger partial charge in [0.25, 0.3) is 0 Å². The van der Waals surface area contributed by atoms with Crippen molar-refractivity contribution in [1.82, 2.24) is 9.78 Å². The molecule has 0 radical (unpaired) electrons. The molecule has 0 unspecified atom stereocenters. The molecule has 2 aromatic rings. The van der Waals surface area contributed by atoms with Crippen molar-refractivity contribution >= 4 is 11.5 Å². The Hall–Kier alpha value is -2.58. The van der Waals surface area contributed by atoms with Crippen LogP contribution in [0.1, 0.15) is 5.69 Å². The van der Waals surface area contributed by atoms with Crippen molar-refractivity contribution in [2.45, 2.75) is 6.92 Å². The summed E-state index contributed by atoms with van der Waals surface area (Å²) >= 11 is 0. The van der Waals surface area contributed by atoms with Crippen LogP contribution in [-0.2, 0) is 0 Å². The number of hydrogen-bond donors (Lipinski definition) is 1. The zero-order valence-electron chi connectivity index (χ0n) is 9.52. The standard InChI is InChI=1S/C10H7F3N4O2/c1-4-9(17(18)19)10(14)16(15-4)5-2-6(11)8(13)7(12)3-5/h2-3H,14H2,1H3. The molecule has 0 bridgehead atoms. The Balaban J connectivity index is 2.67. The Kier molecular flexibility index (Phi) is 2.89. The Bertz CT molecular complexity index is 661. The second-order valence-electron chi connectivity index (χ2n) is 3.71. The quantitative estimate of drug-likeness (QED) is 0.515. The number of aromatic nitrogens is 2. The molecule has 9 heteroatoms. The normalized spacial score (nSPS) is 10.7. The lowest BCUT2D eigenvalue weighted by Gasteiger charge is -2.04. The lowest BCUT2D eigenvalue weighted by Crippen LogP contribution is -2.05. The highest BCUT2D eigenvalue weighted by atomic mass is 19.2. The van der Waals surface area contributed by atoms with E-state index in [1.807, 2.05) is 0 Å². The summed E-state index contributed by atoms with van der Waals surface area (Å²) in [6.45, 7) is 1.32. The van der Waals surface area contributed by atoms with Crippen LogP contribution in [0.15, 0.2) is 12.1 Å². The zero-order valence-corrected chi connectivity index (χ0v) is 9.52. The van der Waals surface area contributed by atoms with Crippen LogP contribution in [0.3, 0.4) is 0 Å². The maximum Gasteiger partial charge on any atom is 0.333 e. The summed E-state index contributed by atoms with van der Waals surface area (Å²) in [7, 11) is 0. The van der Waals surface area contributed by atoms with E-state index < -0.39 is 33.9 Å². The van der Waals surface area contributed by atoms with E-state index in [0.717, 1.165) is 4.68 Å². The predicted molar refractivity (Wildman–Crippen MR) is 59.2 cm³/mol. The summed E-state index contributed by atoms with van der Waals surface area (Å²) in [4.78, 5) is 9.98. The van der Waals surface area contributed by atoms with Gasteiger partial charge in [-0.2, -0.15) is 5.10 Å². The number of halogens is 3. The summed E-state index contributed by atoms with van der Waals surface area (Å²) in [6, 6.07) is 1.29. The summed E-state index contributed by atoms with van der Waals surface area (Å²) < 4.78 is 39.8. The first-order valence-corrected chi connectivity index (χ1v) is 4.97. The molecule has 1 aromatic carbocycles. The lowest BCUT2D eigenvalue weighted by molar-refractivity contribution is -0.384. The van der Waals surface area contributed by atoms with Crippen LogP contribution in [0, 0.1) is 34.5 Å². The van der Waals surface area contributed by atoms with Crippen molar-refractivity contribution in [1.29, 1.82) is 0 Å². The van der Waals surface area contributed by atoms with Gasteiger partial charge in [-0.1, -0.05) is 0 Å². The highest BCUT2D eigenvalue weighted by molar-refractivity contribution is 5.59. The van der Waals surface area contributed by atoms with E-state index in [2.05, 4.69) is 5.10 Å². The Morgan fingerprint density at radius 2 is 1.84 bits per heavy atom. The molecule has 2 N–H and O–H groups in total. The molecule has 0 fully saturated rings. The lowest BCUT2D eigenvalue weighted by atomic mass is 10.3. The van der Waals surface area contributed by atoms with Gasteiger partial charge in [-0.15, -0.1) is 0 Å². The first kappa shape index (κ1) is 12.9. The minimum atomic E-state index is -1.64. The SMILES string of the molecule is Cc1nn(-c2cc(F)c(F)c(F)c2)c(N)c1[N+](=O)[O-]. The second kappa shape index (κ2) is 4.26. The Labute approximate surface area is 104 Å². The monoisotopic (exact) mass is 272 g/mol. The van der Waals surface area contributed by atoms with Gasteiger partial charge >= 0.3 is 5.69 Å². The third-order valence-electron chi connectivity index (χ3n) is 2.46. The van der Waals surface area contributed by atoms with Crippen LogP contribution >= 0.6 is 0 Å². The van der Waals surface area contributed by atoms with Crippen LogP contribution in [0.5, 0.6) is 0 Å². The minimum absolute atomic E-state index is 0.0207. The number of hydrogen-bond acceptors (Lipinski definition) is 4. The number of nitrogen functional groups attached to an aromatic ring is 1. The number of benzene rings is 1. The second-order valence-corrected chi connectivity index (χ2v) is 3.71. The molecule has 100 valence electrons. The average molecular weight is 272 g/mol. The fourth-order valence-corrected chi connectivity index (χ4v) is 1.62. The summed E-state index contributed by atoms with van der Waals surface area (Å²) in [5.74, 6) is -4.91. The number of rotatable bonds is 2. The maximum absolute atomic E-state index is 13.1. The van der Waals surface area contributed by atoms with Crippen LogP contribution in [-0.4, -0.2) is 14.7 Å². The number of nitrogens with two attached hydrogens (primary N) is 1. The number of anilines is 1. The van der Waals surface area contributed by atoms with Gasteiger partial charge in [0.1, 0.15) is 5.69 Å². The topological polar surface area (TPSA) is 87.0 Å². The zero-order chi connectivity index (χ0) is 14.3. The Morgan fingerprint density at radius 3 is 2.26 bits per heavy atom. The highest BCUT2D eigenvalue weighted by Gasteiger charge is 2.24. The van der Waals surface area contributed by atoms with Gasteiger partial charge in [0.2, 0.25) is 5.82 Å². The van der Waals surface area contributed by atoms with E-state index in [-0.39, 0.29) is 11.4 Å². The summed E-state index contributed by atoms with van der Waals surface area (Å²) in [5, 5.41) is 14.4. The molecule has 0 amide bonds. The fraction of sp³-hybridized carbons (Fsp3) is 0.100. The van der Waals surface area contributed by atoms with Crippen LogP contribution in [0.25, 0.3) is 5.69 Å². The first-order chi connectivity index (χ1) is 8.82. The van der Waals surface area contributed by atoms with E-state index in [9.17, 15) is 23.3 Å². The van der Waals surface area contributed by atoms with E-state index in [1.165, 1.54) is 6.92 Å². The largest absolute Gasteiger partial charge is 0.378 e. The third kappa shape index (κ3) is 1.98. The highest BCUT2D eigenvalue weighted by Crippen LogP contribution is 2.28. The van der Waals surface area contributed by atoms with E-state index in [4.69, 9.17) is 5.73 Å². The molecule has 0 aliphatic rings. The molecule has 0 saturated heterocycles. The van der Waals surface area contributed by atoms with Gasteiger partial charge in [-0.05, 0) is 6.92 Å². The van der Waals surface area contributed by atoms with Crippen molar-refractivity contribution in [3.05, 3.63) is 45.4 Å². The van der Waals surface area contributed by atoms with Crippen molar-refractivity contribution in [2.24, 2.45) is 0 Å². The number of aryl methyl sites for hydroxylation is 1. The van der Waals surface area contributed by atoms with Crippen molar-refractivity contribution in [3.8, 4) is 5.69 Å². The summed E-state index contributed by atoms with van der Waals surface area (Å²) in [5.41, 5.74) is 4.76. The molecular formula is C10H7F3N4O2. The Morgan fingerprint density at radius 1 is 1.32 bits per heavy atom. The third-order valence-corrected chi connectivity index (χ3v) is 2.46. The maximum atomic E-state index is 13.1. The van der Waals surface area contributed by atoms with E-state index in [1.54, 1.807) is 0 Å². The minimum Gasteiger partial charge on any atom is -0.378 e. The number of nitro groups is 1. The van der Waals surface area contributed by atoms with Crippen molar-refractivity contribution in [3.63, 3.8) is 0 Å². The van der Waals surface area contributed by atoms with Crippen molar-refractivity contribution in [2.75, 3.05) is 5.73 Å². The van der Waals surface area contributed by atoms with E-state index >= 15 is 0 Å². The van der Waals surface area contributed by atoms with E-state index in [0.29, 0.717) is 12.1 Å². The molecule has 1 aromatic heterocycles. The number of nitrogens with zero attached hydrogens (tertiary/aromatic N) is 3. The van der Waals surface area contributed by atoms with Gasteiger partial charge in [0, 0.05) is 12.1 Å². The van der Waals surface area contributed by atoms with Gasteiger partial charge in [0.05, 0.1) is 10.6 Å². The van der Waals surface area contributed by atoms with Crippen LogP contribution in [0.2, 0.25) is 0 Å². The molecule has 0 spiro atoms. The van der Waals surface area contributed by atoms with Crippen LogP contribution in [0.4, 0.5) is 24.7 Å².